The Balaban J connectivity index is 1.73. The summed E-state index contributed by atoms with van der Waals surface area (Å²) in [6, 6.07) is 10.3. The fourth-order valence-electron chi connectivity index (χ4n) is 3.01. The molecule has 0 bridgehead atoms. The van der Waals surface area contributed by atoms with Gasteiger partial charge in [0, 0.05) is 17.2 Å². The Morgan fingerprint density at radius 3 is 2.06 bits per heavy atom. The number of hydrogen-bond donors (Lipinski definition) is 1. The lowest BCUT2D eigenvalue weighted by Gasteiger charge is -2.13. The van der Waals surface area contributed by atoms with E-state index in [2.05, 4.69) is 10.5 Å². The Labute approximate surface area is 179 Å². The lowest BCUT2D eigenvalue weighted by Crippen LogP contribution is -2.23. The molecular weight excluding hydrogens is 404 g/mol. The van der Waals surface area contributed by atoms with Crippen LogP contribution in [0, 0.1) is 0 Å². The average Bonchev–Trinajstić information content (AvgIpc) is 3.29. The molecule has 0 atom stereocenters. The first kappa shape index (κ1) is 21.8. The van der Waals surface area contributed by atoms with Gasteiger partial charge in [-0.15, -0.1) is 0 Å². The Morgan fingerprint density at radius 1 is 0.839 bits per heavy atom. The molecule has 0 aliphatic heterocycles. The van der Waals surface area contributed by atoms with E-state index in [0.717, 1.165) is 5.56 Å². The molecule has 2 aromatic carbocycles. The van der Waals surface area contributed by atoms with Crippen LogP contribution in [0.15, 0.2) is 40.9 Å². The number of carbonyl (C=O) groups excluding carboxylic acids is 1. The third-order valence-electron chi connectivity index (χ3n) is 4.58. The summed E-state index contributed by atoms with van der Waals surface area (Å²) < 4.78 is 31.8. The summed E-state index contributed by atoms with van der Waals surface area (Å²) in [6.45, 7) is 0.173. The Morgan fingerprint density at radius 2 is 1.48 bits per heavy atom. The van der Waals surface area contributed by atoms with E-state index >= 15 is 0 Å². The second-order valence-corrected chi connectivity index (χ2v) is 6.35. The maximum Gasteiger partial charge on any atom is 0.251 e. The lowest BCUT2D eigenvalue weighted by atomic mass is 10.1. The van der Waals surface area contributed by atoms with Gasteiger partial charge in [0.2, 0.25) is 5.75 Å². The van der Waals surface area contributed by atoms with Gasteiger partial charge in [0.1, 0.15) is 5.69 Å². The van der Waals surface area contributed by atoms with Gasteiger partial charge in [0.25, 0.3) is 5.91 Å². The Bertz CT molecular complexity index is 1040. The highest BCUT2D eigenvalue weighted by Crippen LogP contribution is 2.38. The van der Waals surface area contributed by atoms with Gasteiger partial charge in [0.05, 0.1) is 42.1 Å². The van der Waals surface area contributed by atoms with E-state index in [9.17, 15) is 4.79 Å². The second-order valence-electron chi connectivity index (χ2n) is 6.35. The number of ether oxygens (including phenoxy) is 5. The molecule has 164 valence electrons. The smallest absolute Gasteiger partial charge is 0.251 e. The maximum atomic E-state index is 12.6. The molecule has 0 radical (unpaired) electrons. The minimum Gasteiger partial charge on any atom is -0.493 e. The van der Waals surface area contributed by atoms with Crippen LogP contribution in [-0.4, -0.2) is 46.6 Å². The molecule has 0 aliphatic rings. The topological polar surface area (TPSA) is 101 Å². The van der Waals surface area contributed by atoms with Crippen molar-refractivity contribution >= 4 is 5.91 Å². The first-order valence-electron chi connectivity index (χ1n) is 9.30. The van der Waals surface area contributed by atoms with Crippen molar-refractivity contribution < 1.29 is 33.0 Å². The van der Waals surface area contributed by atoms with Crippen LogP contribution in [0.2, 0.25) is 0 Å². The molecule has 31 heavy (non-hydrogen) atoms. The van der Waals surface area contributed by atoms with Crippen LogP contribution < -0.4 is 29.0 Å². The van der Waals surface area contributed by atoms with Gasteiger partial charge in [-0.1, -0.05) is 5.16 Å². The van der Waals surface area contributed by atoms with Crippen LogP contribution in [0.25, 0.3) is 11.3 Å². The summed E-state index contributed by atoms with van der Waals surface area (Å²) in [5, 5.41) is 6.82. The third kappa shape index (κ3) is 4.66. The molecule has 0 aliphatic carbocycles. The Kier molecular flexibility index (Phi) is 6.86. The van der Waals surface area contributed by atoms with Crippen LogP contribution in [0.3, 0.4) is 0 Å². The molecule has 0 saturated heterocycles. The molecule has 0 spiro atoms. The van der Waals surface area contributed by atoms with Gasteiger partial charge in [-0.05, 0) is 30.3 Å². The lowest BCUT2D eigenvalue weighted by molar-refractivity contribution is 0.0949. The van der Waals surface area contributed by atoms with Crippen molar-refractivity contribution in [3.05, 3.63) is 47.7 Å². The molecule has 9 heteroatoms. The van der Waals surface area contributed by atoms with E-state index in [4.69, 9.17) is 28.2 Å². The molecule has 1 N–H and O–H groups in total. The van der Waals surface area contributed by atoms with Crippen molar-refractivity contribution in [2.45, 2.75) is 6.54 Å². The minimum atomic E-state index is -0.324. The van der Waals surface area contributed by atoms with Crippen molar-refractivity contribution in [2.75, 3.05) is 35.5 Å². The zero-order valence-electron chi connectivity index (χ0n) is 18.0. The van der Waals surface area contributed by atoms with E-state index in [0.29, 0.717) is 45.8 Å². The van der Waals surface area contributed by atoms with Crippen LogP contribution in [0.5, 0.6) is 28.7 Å². The number of benzene rings is 2. The minimum absolute atomic E-state index is 0.173. The number of carbonyl (C=O) groups is 1. The number of aromatic nitrogens is 1. The monoisotopic (exact) mass is 428 g/mol. The highest BCUT2D eigenvalue weighted by molar-refractivity contribution is 5.95. The number of rotatable bonds is 9. The quantitative estimate of drug-likeness (QED) is 0.554. The fraction of sp³-hybridized carbons (Fsp3) is 0.273. The third-order valence-corrected chi connectivity index (χ3v) is 4.58. The summed E-state index contributed by atoms with van der Waals surface area (Å²) in [7, 11) is 7.61. The van der Waals surface area contributed by atoms with Gasteiger partial charge in [-0.2, -0.15) is 0 Å². The van der Waals surface area contributed by atoms with E-state index in [-0.39, 0.29) is 12.5 Å². The van der Waals surface area contributed by atoms with Gasteiger partial charge in [-0.3, -0.25) is 4.79 Å². The molecule has 3 rings (SSSR count). The van der Waals surface area contributed by atoms with Crippen LogP contribution in [0.1, 0.15) is 16.1 Å². The largest absolute Gasteiger partial charge is 0.493 e. The summed E-state index contributed by atoms with van der Waals surface area (Å²) in [6.07, 6.45) is 0. The summed E-state index contributed by atoms with van der Waals surface area (Å²) in [5.41, 5.74) is 1.69. The predicted molar refractivity (Wildman–Crippen MR) is 112 cm³/mol. The van der Waals surface area contributed by atoms with Gasteiger partial charge in [-0.25, -0.2) is 0 Å². The molecule has 0 saturated carbocycles. The van der Waals surface area contributed by atoms with E-state index in [1.807, 2.05) is 6.07 Å². The van der Waals surface area contributed by atoms with Crippen LogP contribution in [0.4, 0.5) is 0 Å². The van der Waals surface area contributed by atoms with Gasteiger partial charge in [0.15, 0.2) is 28.8 Å². The van der Waals surface area contributed by atoms with Crippen molar-refractivity contribution in [1.82, 2.24) is 10.5 Å². The van der Waals surface area contributed by atoms with E-state index in [1.165, 1.54) is 21.3 Å². The molecule has 9 nitrogen and oxygen atoms in total. The summed E-state index contributed by atoms with van der Waals surface area (Å²) >= 11 is 0. The molecule has 0 fully saturated rings. The fourth-order valence-corrected chi connectivity index (χ4v) is 3.01. The Hall–Kier alpha value is -3.88. The second kappa shape index (κ2) is 9.75. The van der Waals surface area contributed by atoms with Crippen LogP contribution >= 0.6 is 0 Å². The average molecular weight is 428 g/mol. The van der Waals surface area contributed by atoms with Crippen molar-refractivity contribution in [3.63, 3.8) is 0 Å². The zero-order valence-corrected chi connectivity index (χ0v) is 18.0. The van der Waals surface area contributed by atoms with Crippen LogP contribution in [-0.2, 0) is 6.54 Å². The number of methoxy groups -OCH3 is 5. The molecule has 1 heterocycles. The van der Waals surface area contributed by atoms with Crippen molar-refractivity contribution in [3.8, 4) is 40.1 Å². The van der Waals surface area contributed by atoms with Crippen molar-refractivity contribution in [2.24, 2.45) is 0 Å². The normalized spacial score (nSPS) is 10.4. The summed E-state index contributed by atoms with van der Waals surface area (Å²) in [5.74, 6) is 2.61. The number of nitrogens with one attached hydrogen (secondary N) is 1. The number of amides is 1. The van der Waals surface area contributed by atoms with Gasteiger partial charge >= 0.3 is 0 Å². The molecule has 0 unspecified atom stereocenters. The maximum absolute atomic E-state index is 12.6. The SMILES string of the molecule is COc1ccc(-c2cc(CNC(=O)c3cc(OC)c(OC)c(OC)c3)no2)cc1OC. The standard InChI is InChI=1S/C22H24N2O7/c1-26-16-7-6-13(8-18(16)27-2)17-11-15(24-31-17)12-23-22(25)14-9-19(28-3)21(30-5)20(10-14)29-4/h6-11H,12H2,1-5H3,(H,23,25). The molecule has 1 aromatic heterocycles. The van der Waals surface area contributed by atoms with Gasteiger partial charge < -0.3 is 33.5 Å². The first-order chi connectivity index (χ1) is 15.0. The number of hydrogen-bond acceptors (Lipinski definition) is 8. The van der Waals surface area contributed by atoms with Crippen molar-refractivity contribution in [1.29, 1.82) is 0 Å². The van der Waals surface area contributed by atoms with E-state index < -0.39 is 0 Å². The predicted octanol–water partition coefficient (Wildman–Crippen LogP) is 3.31. The highest BCUT2D eigenvalue weighted by atomic mass is 16.5. The first-order valence-corrected chi connectivity index (χ1v) is 9.30. The molecule has 1 amide bonds. The highest BCUT2D eigenvalue weighted by Gasteiger charge is 2.17. The molecular formula is C22H24N2O7. The summed E-state index contributed by atoms with van der Waals surface area (Å²) in [4.78, 5) is 12.6. The van der Waals surface area contributed by atoms with E-state index in [1.54, 1.807) is 44.6 Å². The molecule has 3 aromatic rings. The zero-order chi connectivity index (χ0) is 22.4. The number of nitrogens with zero attached hydrogens (tertiary/aromatic N) is 1.